The minimum Gasteiger partial charge on any atom is -0.378 e. The van der Waals surface area contributed by atoms with E-state index < -0.39 is 0 Å². The van der Waals surface area contributed by atoms with E-state index in [1.54, 1.807) is 0 Å². The topological polar surface area (TPSA) is 66.5 Å². The van der Waals surface area contributed by atoms with Gasteiger partial charge in [-0.2, -0.15) is 0 Å². The van der Waals surface area contributed by atoms with Gasteiger partial charge in [0.2, 0.25) is 5.91 Å². The van der Waals surface area contributed by atoms with Gasteiger partial charge < -0.3 is 20.3 Å². The van der Waals surface area contributed by atoms with Crippen LogP contribution in [-0.2, 0) is 16.1 Å². The fourth-order valence-electron chi connectivity index (χ4n) is 2.70. The van der Waals surface area contributed by atoms with Gasteiger partial charge in [-0.3, -0.25) is 4.79 Å². The number of carbonyl (C=O) groups excluding carboxylic acids is 1. The van der Waals surface area contributed by atoms with Gasteiger partial charge in [0.15, 0.2) is 0 Å². The number of nitrogens with one attached hydrogen (secondary N) is 2. The molecule has 2 fully saturated rings. The van der Waals surface area contributed by atoms with Crippen LogP contribution in [0.3, 0.4) is 0 Å². The number of ether oxygens (including phenoxy) is 1. The number of amides is 1. The molecule has 0 bridgehead atoms. The Labute approximate surface area is 149 Å². The van der Waals surface area contributed by atoms with Crippen molar-refractivity contribution >= 4 is 36.5 Å². The van der Waals surface area contributed by atoms with Crippen molar-refractivity contribution in [1.82, 2.24) is 15.6 Å². The number of halogens is 2. The van der Waals surface area contributed by atoms with E-state index in [1.807, 2.05) is 18.3 Å². The molecule has 0 saturated carbocycles. The van der Waals surface area contributed by atoms with E-state index in [1.165, 1.54) is 12.8 Å². The molecule has 2 aliphatic rings. The average Bonchev–Trinajstić information content (AvgIpc) is 3.08. The summed E-state index contributed by atoms with van der Waals surface area (Å²) in [4.78, 5) is 18.7. The fraction of sp³-hybridized carbons (Fsp3) is 0.600. The molecule has 0 aromatic carbocycles. The van der Waals surface area contributed by atoms with E-state index in [-0.39, 0.29) is 36.8 Å². The van der Waals surface area contributed by atoms with Crippen molar-refractivity contribution in [3.8, 4) is 0 Å². The van der Waals surface area contributed by atoms with Gasteiger partial charge in [-0.25, -0.2) is 4.98 Å². The number of carbonyl (C=O) groups is 1. The molecule has 1 atom stereocenters. The third-order valence-corrected chi connectivity index (χ3v) is 3.94. The molecule has 3 rings (SSSR count). The van der Waals surface area contributed by atoms with Crippen molar-refractivity contribution in [2.24, 2.45) is 0 Å². The maximum atomic E-state index is 12.0. The maximum Gasteiger partial charge on any atom is 0.239 e. The van der Waals surface area contributed by atoms with Gasteiger partial charge in [-0.05, 0) is 24.5 Å². The highest BCUT2D eigenvalue weighted by Gasteiger charge is 2.20. The lowest BCUT2D eigenvalue weighted by molar-refractivity contribution is -0.126. The highest BCUT2D eigenvalue weighted by Crippen LogP contribution is 2.17. The first-order valence-corrected chi connectivity index (χ1v) is 7.61. The standard InChI is InChI=1S/C15H22N4O2.2ClH/c20-15(13-11-21-8-5-16-13)18-10-12-3-4-14(17-9-12)19-6-1-2-7-19;;/h3-4,9,13,16H,1-2,5-8,10-11H2,(H,18,20);2*1H. The first kappa shape index (κ1) is 20.0. The zero-order chi connectivity index (χ0) is 14.5. The summed E-state index contributed by atoms with van der Waals surface area (Å²) in [6.45, 7) is 4.53. The SMILES string of the molecule is Cl.Cl.O=C(NCc1ccc(N2CCCC2)nc1)C1COCCN1. The lowest BCUT2D eigenvalue weighted by atomic mass is 10.2. The van der Waals surface area contributed by atoms with Crippen LogP contribution in [0.5, 0.6) is 0 Å². The molecule has 0 radical (unpaired) electrons. The number of anilines is 1. The molecule has 8 heteroatoms. The number of morpholine rings is 1. The third kappa shape index (κ3) is 5.49. The number of hydrogen-bond acceptors (Lipinski definition) is 5. The number of hydrogen-bond donors (Lipinski definition) is 2. The number of nitrogens with zero attached hydrogens (tertiary/aromatic N) is 2. The van der Waals surface area contributed by atoms with Gasteiger partial charge in [0.05, 0.1) is 13.2 Å². The van der Waals surface area contributed by atoms with Crippen LogP contribution < -0.4 is 15.5 Å². The van der Waals surface area contributed by atoms with Gasteiger partial charge in [0.25, 0.3) is 0 Å². The molecule has 2 N–H and O–H groups in total. The van der Waals surface area contributed by atoms with Crippen molar-refractivity contribution < 1.29 is 9.53 Å². The van der Waals surface area contributed by atoms with Crippen LogP contribution in [0.2, 0.25) is 0 Å². The van der Waals surface area contributed by atoms with Crippen LogP contribution in [0.25, 0.3) is 0 Å². The molecule has 130 valence electrons. The van der Waals surface area contributed by atoms with E-state index in [0.717, 1.165) is 31.0 Å². The van der Waals surface area contributed by atoms with E-state index in [2.05, 4.69) is 20.5 Å². The Kier molecular flexibility index (Phi) is 8.62. The summed E-state index contributed by atoms with van der Waals surface area (Å²) >= 11 is 0. The second kappa shape index (κ2) is 9.93. The largest absolute Gasteiger partial charge is 0.378 e. The minimum absolute atomic E-state index is 0. The Hall–Kier alpha value is -1.08. The maximum absolute atomic E-state index is 12.0. The molecule has 6 nitrogen and oxygen atoms in total. The zero-order valence-electron chi connectivity index (χ0n) is 13.0. The van der Waals surface area contributed by atoms with Gasteiger partial charge in [0, 0.05) is 32.4 Å². The van der Waals surface area contributed by atoms with Crippen molar-refractivity contribution in [3.05, 3.63) is 23.9 Å². The first-order valence-electron chi connectivity index (χ1n) is 7.61. The number of rotatable bonds is 4. The molecule has 1 aromatic rings. The summed E-state index contributed by atoms with van der Waals surface area (Å²) in [6, 6.07) is 3.83. The van der Waals surface area contributed by atoms with Crippen LogP contribution in [0.4, 0.5) is 5.82 Å². The lowest BCUT2D eigenvalue weighted by Gasteiger charge is -2.23. The molecule has 0 aliphatic carbocycles. The van der Waals surface area contributed by atoms with Crippen LogP contribution in [0.15, 0.2) is 18.3 Å². The molecule has 1 aromatic heterocycles. The minimum atomic E-state index is -0.240. The number of aromatic nitrogens is 1. The molecule has 2 aliphatic heterocycles. The fourth-order valence-corrected chi connectivity index (χ4v) is 2.70. The van der Waals surface area contributed by atoms with Crippen molar-refractivity contribution in [1.29, 1.82) is 0 Å². The summed E-state index contributed by atoms with van der Waals surface area (Å²) in [5.41, 5.74) is 1.02. The molecule has 2 saturated heterocycles. The Morgan fingerprint density at radius 2 is 2.13 bits per heavy atom. The van der Waals surface area contributed by atoms with Crippen molar-refractivity contribution in [3.63, 3.8) is 0 Å². The quantitative estimate of drug-likeness (QED) is 0.840. The monoisotopic (exact) mass is 362 g/mol. The number of pyridine rings is 1. The van der Waals surface area contributed by atoms with Crippen molar-refractivity contribution in [2.45, 2.75) is 25.4 Å². The van der Waals surface area contributed by atoms with Gasteiger partial charge in [0.1, 0.15) is 11.9 Å². The summed E-state index contributed by atoms with van der Waals surface area (Å²) in [6.07, 6.45) is 4.34. The predicted octanol–water partition coefficient (Wildman–Crippen LogP) is 1.13. The van der Waals surface area contributed by atoms with E-state index >= 15 is 0 Å². The second-order valence-corrected chi connectivity index (χ2v) is 5.52. The highest BCUT2D eigenvalue weighted by molar-refractivity contribution is 5.85. The van der Waals surface area contributed by atoms with Gasteiger partial charge in [-0.15, -0.1) is 24.8 Å². The highest BCUT2D eigenvalue weighted by atomic mass is 35.5. The summed E-state index contributed by atoms with van der Waals surface area (Å²) in [5, 5.41) is 6.06. The van der Waals surface area contributed by atoms with Gasteiger partial charge >= 0.3 is 0 Å². The van der Waals surface area contributed by atoms with Crippen LogP contribution in [0.1, 0.15) is 18.4 Å². The summed E-state index contributed by atoms with van der Waals surface area (Å²) in [7, 11) is 0. The molecule has 1 unspecified atom stereocenters. The molecular weight excluding hydrogens is 339 g/mol. The van der Waals surface area contributed by atoms with Crippen LogP contribution in [-0.4, -0.2) is 49.8 Å². The Morgan fingerprint density at radius 3 is 2.74 bits per heavy atom. The second-order valence-electron chi connectivity index (χ2n) is 5.52. The van der Waals surface area contributed by atoms with Crippen molar-refractivity contribution in [2.75, 3.05) is 37.7 Å². The Balaban J connectivity index is 0.00000132. The smallest absolute Gasteiger partial charge is 0.239 e. The summed E-state index contributed by atoms with van der Waals surface area (Å²) in [5.74, 6) is 1.02. The first-order chi connectivity index (χ1) is 10.3. The average molecular weight is 363 g/mol. The van der Waals surface area contributed by atoms with Crippen LogP contribution >= 0.6 is 24.8 Å². The van der Waals surface area contributed by atoms with E-state index in [4.69, 9.17) is 4.74 Å². The molecule has 3 heterocycles. The molecular formula is C15H24Cl2N4O2. The van der Waals surface area contributed by atoms with Crippen LogP contribution in [0, 0.1) is 0 Å². The molecule has 1 amide bonds. The third-order valence-electron chi connectivity index (χ3n) is 3.94. The molecule has 0 spiro atoms. The Morgan fingerprint density at radius 1 is 1.35 bits per heavy atom. The zero-order valence-corrected chi connectivity index (χ0v) is 14.6. The lowest BCUT2D eigenvalue weighted by Crippen LogP contribution is -2.51. The Bertz CT molecular complexity index is 475. The summed E-state index contributed by atoms with van der Waals surface area (Å²) < 4.78 is 5.29. The predicted molar refractivity (Wildman–Crippen MR) is 94.6 cm³/mol. The van der Waals surface area contributed by atoms with E-state index in [9.17, 15) is 4.79 Å². The van der Waals surface area contributed by atoms with E-state index in [0.29, 0.717) is 19.8 Å². The van der Waals surface area contributed by atoms with Gasteiger partial charge in [-0.1, -0.05) is 6.07 Å². The normalized spacial score (nSPS) is 20.3. The molecule has 23 heavy (non-hydrogen) atoms.